The number of hydrogen-bond donors (Lipinski definition) is 12. The third-order valence-corrected chi connectivity index (χ3v) is 13.2. The molecule has 1 fully saturated rings. The van der Waals surface area contributed by atoms with Crippen LogP contribution >= 0.6 is 21.6 Å². The molecule has 14 N–H and O–H groups in total. The van der Waals surface area contributed by atoms with Crippen LogP contribution in [0.4, 0.5) is 0 Å². The van der Waals surface area contributed by atoms with E-state index in [9.17, 15) is 39.0 Å². The molecule has 21 heteroatoms. The van der Waals surface area contributed by atoms with Crippen molar-refractivity contribution >= 4 is 73.9 Å². The van der Waals surface area contributed by atoms with Crippen LogP contribution in [-0.4, -0.2) is 135 Å². The molecule has 1 aliphatic rings. The topological polar surface area (TPSA) is 320 Å². The number of carbonyl (C=O) groups is 7. The number of amides is 6. The largest absolute Gasteiger partial charge is 0.481 e. The fraction of sp³-hybridized carbons (Fsp3) is 0.426. The number of carbonyl (C=O) groups excluding carboxylic acids is 6. The summed E-state index contributed by atoms with van der Waals surface area (Å²) in [6, 6.07) is 17.3. The highest BCUT2D eigenvalue weighted by atomic mass is 33.1. The van der Waals surface area contributed by atoms with Crippen LogP contribution in [0.1, 0.15) is 49.8 Å². The average Bonchev–Trinajstić information content (AvgIpc) is 3.72. The standard InChI is InChI=1S/C45H59N9O8S2.C2H4O2/c1-27(56)39-45(62)49-31(24-55)25-63-64-26-38(53-40(57)33(47)20-28-12-4-2-5-13-28)44(61)51-36(21-29-14-6-3-7-15-29)42(59)52-37(22-30-23-48-34-17-9-8-16-32(30)34)43(60)50-35(41(58)54-39)18-10-11-19-46;1-2(3)4/h2-9,12-17,23,27,31,33,35-39,48,55-56H,10-11,18-22,24-26,46-47H2,1H3,(H,49,62)(H,50,60)(H,51,61)(H,52,59)(H,53,57)(H,54,58);1H3,(H,3,4)/t27-,31-,33-,35?,36+,37-,38+,39-;/m1./s1. The second kappa shape index (κ2) is 28.4. The molecule has 8 atom stereocenters. The molecule has 0 saturated carbocycles. The van der Waals surface area contributed by atoms with Crippen LogP contribution in [0, 0.1) is 0 Å². The van der Waals surface area contributed by atoms with Crippen LogP contribution in [0.5, 0.6) is 0 Å². The van der Waals surface area contributed by atoms with Gasteiger partial charge in [0.1, 0.15) is 30.2 Å². The molecule has 0 bridgehead atoms. The number of fused-ring (bicyclic) bond motifs is 1. The smallest absolute Gasteiger partial charge is 0.300 e. The number of para-hydroxylation sites is 1. The fourth-order valence-corrected chi connectivity index (χ4v) is 9.52. The Morgan fingerprint density at radius 3 is 1.93 bits per heavy atom. The summed E-state index contributed by atoms with van der Waals surface area (Å²) < 4.78 is 0. The van der Waals surface area contributed by atoms with Crippen molar-refractivity contribution in [2.45, 2.75) is 101 Å². The molecule has 3 aromatic carbocycles. The highest BCUT2D eigenvalue weighted by Gasteiger charge is 2.35. The maximum atomic E-state index is 14.6. The number of aromatic nitrogens is 1. The molecule has 1 saturated heterocycles. The van der Waals surface area contributed by atoms with E-state index < -0.39 is 96.4 Å². The number of aliphatic hydroxyl groups excluding tert-OH is 2. The maximum absolute atomic E-state index is 14.6. The summed E-state index contributed by atoms with van der Waals surface area (Å²) in [4.78, 5) is 96.7. The maximum Gasteiger partial charge on any atom is 0.300 e. The molecule has 0 aliphatic carbocycles. The zero-order valence-corrected chi connectivity index (χ0v) is 39.7. The number of carboxylic acids is 1. The third-order valence-electron chi connectivity index (χ3n) is 10.7. The summed E-state index contributed by atoms with van der Waals surface area (Å²) in [6.45, 7) is 2.23. The van der Waals surface area contributed by atoms with Gasteiger partial charge in [0, 0.05) is 48.4 Å². The average molecular weight is 978 g/mol. The first-order chi connectivity index (χ1) is 32.6. The SMILES string of the molecule is CC(=O)O.C[C@@H](O)[C@H]1NC(=O)C(CCCCN)NC(=O)[C@@H](Cc2c[nH]c3ccccc23)NC(=O)[C@H](Cc2ccccc2)NC(=O)[C@@H](NC(=O)[C@H](N)Cc2ccccc2)CSSC[C@@H](CO)NC1=O. The number of benzene rings is 3. The number of rotatable bonds is 14. The molecule has 1 aromatic heterocycles. The minimum absolute atomic E-state index is 0.0125. The molecule has 1 unspecified atom stereocenters. The lowest BCUT2D eigenvalue weighted by atomic mass is 10.0. The molecule has 1 aliphatic heterocycles. The van der Waals surface area contributed by atoms with E-state index in [-0.39, 0.29) is 37.2 Å². The van der Waals surface area contributed by atoms with Gasteiger partial charge in [0.25, 0.3) is 5.97 Å². The van der Waals surface area contributed by atoms with Crippen LogP contribution in [0.15, 0.2) is 91.1 Å². The fourth-order valence-electron chi connectivity index (χ4n) is 7.13. The first kappa shape index (κ1) is 54.6. The van der Waals surface area contributed by atoms with Crippen molar-refractivity contribution in [3.05, 3.63) is 108 Å². The monoisotopic (exact) mass is 977 g/mol. The Hall–Kier alpha value is -5.97. The van der Waals surface area contributed by atoms with Gasteiger partial charge in [-0.25, -0.2) is 0 Å². The van der Waals surface area contributed by atoms with Crippen LogP contribution in [0.3, 0.4) is 0 Å². The number of nitrogens with two attached hydrogens (primary N) is 2. The molecule has 368 valence electrons. The number of carboxylic acid groups (broad SMARTS) is 1. The number of aliphatic hydroxyl groups is 2. The van der Waals surface area contributed by atoms with Gasteiger partial charge in [0.15, 0.2) is 0 Å². The Morgan fingerprint density at radius 1 is 0.735 bits per heavy atom. The molecule has 0 spiro atoms. The minimum Gasteiger partial charge on any atom is -0.481 e. The van der Waals surface area contributed by atoms with Gasteiger partial charge in [-0.3, -0.25) is 33.6 Å². The first-order valence-corrected chi connectivity index (χ1v) is 24.7. The van der Waals surface area contributed by atoms with Gasteiger partial charge in [-0.2, -0.15) is 0 Å². The van der Waals surface area contributed by atoms with E-state index in [1.54, 1.807) is 30.5 Å². The van der Waals surface area contributed by atoms with Crippen molar-refractivity contribution in [3.8, 4) is 0 Å². The van der Waals surface area contributed by atoms with Crippen LogP contribution in [-0.2, 0) is 52.8 Å². The summed E-state index contributed by atoms with van der Waals surface area (Å²) in [5.74, 6) is -4.99. The predicted molar refractivity (Wildman–Crippen MR) is 262 cm³/mol. The lowest BCUT2D eigenvalue weighted by Gasteiger charge is -2.29. The molecule has 4 aromatic rings. The zero-order valence-electron chi connectivity index (χ0n) is 38.0. The molecule has 19 nitrogen and oxygen atoms in total. The zero-order chi connectivity index (χ0) is 49.6. The van der Waals surface area contributed by atoms with Crippen molar-refractivity contribution in [1.82, 2.24) is 36.9 Å². The number of H-pyrrole nitrogens is 1. The second-order valence-electron chi connectivity index (χ2n) is 16.3. The number of unbranched alkanes of at least 4 members (excludes halogenated alkanes) is 1. The highest BCUT2D eigenvalue weighted by Crippen LogP contribution is 2.24. The predicted octanol–water partition coefficient (Wildman–Crippen LogP) is 0.420. The quantitative estimate of drug-likeness (QED) is 0.0603. The van der Waals surface area contributed by atoms with E-state index in [2.05, 4.69) is 36.9 Å². The number of aliphatic carboxylic acids is 1. The second-order valence-corrected chi connectivity index (χ2v) is 18.8. The van der Waals surface area contributed by atoms with Gasteiger partial charge >= 0.3 is 0 Å². The summed E-state index contributed by atoms with van der Waals surface area (Å²) in [7, 11) is 2.37. The summed E-state index contributed by atoms with van der Waals surface area (Å²) in [6.07, 6.45) is 1.57. The Morgan fingerprint density at radius 2 is 1.29 bits per heavy atom. The van der Waals surface area contributed by atoms with Crippen molar-refractivity contribution in [2.24, 2.45) is 11.5 Å². The molecule has 68 heavy (non-hydrogen) atoms. The Labute approximate surface area is 402 Å². The number of hydrogen-bond acceptors (Lipinski definition) is 13. The third kappa shape index (κ3) is 17.9. The van der Waals surface area contributed by atoms with Crippen LogP contribution in [0.25, 0.3) is 10.9 Å². The van der Waals surface area contributed by atoms with E-state index >= 15 is 0 Å². The molecule has 5 rings (SSSR count). The molecule has 6 amide bonds. The highest BCUT2D eigenvalue weighted by molar-refractivity contribution is 8.76. The van der Waals surface area contributed by atoms with Gasteiger partial charge in [-0.05, 0) is 61.9 Å². The van der Waals surface area contributed by atoms with Crippen LogP contribution < -0.4 is 43.4 Å². The van der Waals surface area contributed by atoms with Crippen LogP contribution in [0.2, 0.25) is 0 Å². The van der Waals surface area contributed by atoms with Gasteiger partial charge in [-0.1, -0.05) is 100 Å². The van der Waals surface area contributed by atoms with Gasteiger partial charge in [0.2, 0.25) is 35.4 Å². The van der Waals surface area contributed by atoms with E-state index in [4.69, 9.17) is 21.4 Å². The van der Waals surface area contributed by atoms with Crippen molar-refractivity contribution in [1.29, 1.82) is 0 Å². The van der Waals surface area contributed by atoms with E-state index in [1.165, 1.54) is 28.5 Å². The first-order valence-electron chi connectivity index (χ1n) is 22.2. The number of aromatic amines is 1. The van der Waals surface area contributed by atoms with E-state index in [1.807, 2.05) is 60.7 Å². The molecular weight excluding hydrogens is 915 g/mol. The Kier molecular flexibility index (Phi) is 22.8. The lowest BCUT2D eigenvalue weighted by molar-refractivity contribution is -0.136. The normalized spacial score (nSPS) is 22.1. The van der Waals surface area contributed by atoms with Gasteiger partial charge in [0.05, 0.1) is 24.8 Å². The van der Waals surface area contributed by atoms with E-state index in [0.29, 0.717) is 30.5 Å². The molecule has 0 radical (unpaired) electrons. The minimum atomic E-state index is -1.47. The van der Waals surface area contributed by atoms with Gasteiger partial charge < -0.3 is 63.7 Å². The lowest BCUT2D eigenvalue weighted by Crippen LogP contribution is -2.61. The van der Waals surface area contributed by atoms with Gasteiger partial charge in [-0.15, -0.1) is 0 Å². The Balaban J connectivity index is 0.00000242. The Bertz CT molecular complexity index is 2270. The van der Waals surface area contributed by atoms with Crippen molar-refractivity contribution < 1.29 is 48.9 Å². The van der Waals surface area contributed by atoms with Crippen molar-refractivity contribution in [2.75, 3.05) is 24.7 Å². The van der Waals surface area contributed by atoms with E-state index in [0.717, 1.165) is 23.4 Å². The molecular formula is C47H63N9O10S2. The summed E-state index contributed by atoms with van der Waals surface area (Å²) >= 11 is 0. The summed E-state index contributed by atoms with van der Waals surface area (Å²) in [5.41, 5.74) is 15.1. The van der Waals surface area contributed by atoms with Crippen molar-refractivity contribution in [3.63, 3.8) is 0 Å². The number of nitrogens with one attached hydrogen (secondary N) is 7. The summed E-state index contributed by atoms with van der Waals surface area (Å²) in [5, 5.41) is 45.6. The molecule has 2 heterocycles.